The summed E-state index contributed by atoms with van der Waals surface area (Å²) in [5.74, 6) is 0.370. The van der Waals surface area contributed by atoms with Crippen LogP contribution >= 0.6 is 67.8 Å². The first-order valence-corrected chi connectivity index (χ1v) is 6.57. The Bertz CT molecular complexity index is 110. The third-order valence-electron chi connectivity index (χ3n) is 0.560. The summed E-state index contributed by atoms with van der Waals surface area (Å²) in [6.07, 6.45) is 0.762. The van der Waals surface area contributed by atoms with Crippen molar-refractivity contribution in [3.8, 4) is 0 Å². The highest BCUT2D eigenvalue weighted by Gasteiger charge is 2.17. The normalized spacial score (nSPS) is 15.6. The first-order valence-electron chi connectivity index (χ1n) is 2.06. The average Bonchev–Trinajstić information content (AvgIpc) is 1.59. The molecular weight excluding hydrogens is 481 g/mol. The molecule has 9 heavy (non-hydrogen) atoms. The molecule has 0 saturated heterocycles. The maximum atomic E-state index is 10.1. The van der Waals surface area contributed by atoms with E-state index in [0.29, 0.717) is 5.75 Å². The molecule has 2 nitrogen and oxygen atoms in total. The minimum Gasteiger partial charge on any atom is -0.306 e. The van der Waals surface area contributed by atoms with E-state index in [1.165, 1.54) is 0 Å². The topological polar surface area (TPSA) is 37.3 Å². The molecule has 0 fully saturated rings. The number of alkyl halides is 3. The second-order valence-corrected chi connectivity index (χ2v) is 14.2. The molecule has 1 unspecified atom stereocenters. The van der Waals surface area contributed by atoms with Crippen molar-refractivity contribution in [1.29, 1.82) is 0 Å². The van der Waals surface area contributed by atoms with E-state index in [0.717, 1.165) is 6.42 Å². The predicted molar refractivity (Wildman–Crippen MR) is 65.0 cm³/mol. The average molecular weight is 486 g/mol. The molecule has 0 aliphatic heterocycles. The lowest BCUT2D eigenvalue weighted by molar-refractivity contribution is 0.563. The van der Waals surface area contributed by atoms with E-state index in [2.05, 4.69) is 67.8 Å². The van der Waals surface area contributed by atoms with Crippen LogP contribution in [-0.2, 0) is 11.1 Å². The molecule has 0 amide bonds. The highest BCUT2D eigenvalue weighted by molar-refractivity contribution is 14.3. The van der Waals surface area contributed by atoms with E-state index in [-0.39, 0.29) is -0.565 Å². The van der Waals surface area contributed by atoms with Gasteiger partial charge in [0.25, 0.3) is 0 Å². The van der Waals surface area contributed by atoms with Gasteiger partial charge in [0.2, 0.25) is 0 Å². The van der Waals surface area contributed by atoms with Crippen LogP contribution in [0.25, 0.3) is 0 Å². The summed E-state index contributed by atoms with van der Waals surface area (Å²) in [6.45, 7) is 0. The van der Waals surface area contributed by atoms with E-state index < -0.39 is 11.1 Å². The van der Waals surface area contributed by atoms with E-state index >= 15 is 0 Å². The van der Waals surface area contributed by atoms with Gasteiger partial charge in [-0.3, -0.25) is 0 Å². The second-order valence-electron chi connectivity index (χ2n) is 1.39. The fraction of sp³-hybridized carbons (Fsp3) is 1.00. The van der Waals surface area contributed by atoms with Crippen LogP contribution in [0.5, 0.6) is 0 Å². The Balaban J connectivity index is 3.39. The van der Waals surface area contributed by atoms with Gasteiger partial charge in [-0.25, -0.2) is 4.21 Å². The summed E-state index contributed by atoms with van der Waals surface area (Å²) in [7, 11) is 0. The molecule has 56 valence electrons. The number of halogens is 3. The van der Waals surface area contributed by atoms with Crippen LogP contribution in [0, 0.1) is 0 Å². The summed E-state index contributed by atoms with van der Waals surface area (Å²) < 4.78 is 18.6. The molecular formula is C3H5I3O2S. The van der Waals surface area contributed by atoms with Crippen molar-refractivity contribution >= 4 is 78.9 Å². The van der Waals surface area contributed by atoms with Gasteiger partial charge in [0.1, 0.15) is -0.565 Å². The van der Waals surface area contributed by atoms with E-state index in [1.807, 2.05) is 0 Å². The Morgan fingerprint density at radius 3 is 2.00 bits per heavy atom. The van der Waals surface area contributed by atoms with Crippen LogP contribution in [-0.4, -0.2) is 13.9 Å². The Morgan fingerprint density at radius 1 is 1.44 bits per heavy atom. The molecule has 0 saturated carbocycles. The minimum atomic E-state index is -1.63. The van der Waals surface area contributed by atoms with Crippen molar-refractivity contribution in [1.82, 2.24) is 0 Å². The number of rotatable bonds is 3. The zero-order valence-electron chi connectivity index (χ0n) is 4.31. The highest BCUT2D eigenvalue weighted by atomic mass is 127. The lowest BCUT2D eigenvalue weighted by Crippen LogP contribution is -2.05. The SMILES string of the molecule is O=S(O)CCC(I)(I)I. The van der Waals surface area contributed by atoms with E-state index in [9.17, 15) is 4.21 Å². The lowest BCUT2D eigenvalue weighted by Gasteiger charge is -2.08. The van der Waals surface area contributed by atoms with Crippen molar-refractivity contribution < 1.29 is 8.76 Å². The first kappa shape index (κ1) is 11.3. The summed E-state index contributed by atoms with van der Waals surface area (Å²) in [5, 5.41) is 0. The van der Waals surface area contributed by atoms with Crippen LogP contribution in [0.3, 0.4) is 0 Å². The molecule has 0 aromatic heterocycles. The molecule has 0 bridgehead atoms. The molecule has 1 N–H and O–H groups in total. The number of hydrogen-bond donors (Lipinski definition) is 1. The molecule has 0 aromatic rings. The maximum Gasteiger partial charge on any atom is 0.152 e. The molecule has 0 rings (SSSR count). The predicted octanol–water partition coefficient (Wildman–Crippen LogP) is 2.56. The molecule has 0 aliphatic carbocycles. The lowest BCUT2D eigenvalue weighted by atomic mass is 10.6. The van der Waals surface area contributed by atoms with Crippen LogP contribution in [0.15, 0.2) is 0 Å². The molecule has 0 radical (unpaired) electrons. The maximum absolute atomic E-state index is 10.1. The zero-order valence-corrected chi connectivity index (χ0v) is 11.6. The van der Waals surface area contributed by atoms with Gasteiger partial charge in [-0.15, -0.1) is 0 Å². The fourth-order valence-corrected chi connectivity index (χ4v) is 2.59. The Hall–Kier alpha value is 2.30. The third kappa shape index (κ3) is 10.3. The molecule has 0 aliphatic rings. The molecule has 6 heteroatoms. The van der Waals surface area contributed by atoms with Gasteiger partial charge in [0.15, 0.2) is 11.1 Å². The van der Waals surface area contributed by atoms with Crippen molar-refractivity contribution in [2.24, 2.45) is 0 Å². The molecule has 0 heterocycles. The Labute approximate surface area is 97.6 Å². The van der Waals surface area contributed by atoms with Crippen LogP contribution < -0.4 is 0 Å². The van der Waals surface area contributed by atoms with Gasteiger partial charge in [-0.1, -0.05) is 67.8 Å². The first-order chi connectivity index (χ1) is 3.92. The molecule has 0 aromatic carbocycles. The number of hydrogen-bond acceptors (Lipinski definition) is 1. The van der Waals surface area contributed by atoms with Gasteiger partial charge >= 0.3 is 0 Å². The molecule has 0 spiro atoms. The smallest absolute Gasteiger partial charge is 0.152 e. The quantitative estimate of drug-likeness (QED) is 0.379. The summed E-state index contributed by atoms with van der Waals surface area (Å²) >= 11 is 5.09. The van der Waals surface area contributed by atoms with Crippen LogP contribution in [0.2, 0.25) is 0 Å². The standard InChI is InChI=1S/C3H5I3O2S/c4-3(5,6)1-2-9(7)8/h1-2H2,(H,7,8). The Morgan fingerprint density at radius 2 is 1.89 bits per heavy atom. The zero-order chi connectivity index (χ0) is 7.49. The van der Waals surface area contributed by atoms with Crippen molar-refractivity contribution in [3.05, 3.63) is 0 Å². The van der Waals surface area contributed by atoms with Gasteiger partial charge in [0.05, 0.1) is 5.75 Å². The van der Waals surface area contributed by atoms with Crippen molar-refractivity contribution in [3.63, 3.8) is 0 Å². The van der Waals surface area contributed by atoms with Crippen molar-refractivity contribution in [2.45, 2.75) is 5.86 Å². The van der Waals surface area contributed by atoms with E-state index in [4.69, 9.17) is 4.55 Å². The largest absolute Gasteiger partial charge is 0.306 e. The monoisotopic (exact) mass is 486 g/mol. The third-order valence-corrected chi connectivity index (χ3v) is 2.73. The van der Waals surface area contributed by atoms with Crippen LogP contribution in [0.4, 0.5) is 0 Å². The summed E-state index contributed by atoms with van der Waals surface area (Å²) in [4.78, 5) is 0. The van der Waals surface area contributed by atoms with Gasteiger partial charge in [-0.05, 0) is 6.42 Å². The fourth-order valence-electron chi connectivity index (χ4n) is 0.203. The van der Waals surface area contributed by atoms with Crippen LogP contribution in [0.1, 0.15) is 6.42 Å². The van der Waals surface area contributed by atoms with Gasteiger partial charge in [-0.2, -0.15) is 0 Å². The Kier molecular flexibility index (Phi) is 6.32. The second kappa shape index (κ2) is 5.04. The minimum absolute atomic E-state index is 0.0890. The van der Waals surface area contributed by atoms with Crippen molar-refractivity contribution in [2.75, 3.05) is 5.75 Å². The summed E-state index contributed by atoms with van der Waals surface area (Å²) in [5.41, 5.74) is 0. The van der Waals surface area contributed by atoms with E-state index in [1.54, 1.807) is 0 Å². The molecule has 1 atom stereocenters. The summed E-state index contributed by atoms with van der Waals surface area (Å²) in [6, 6.07) is 0. The van der Waals surface area contributed by atoms with Gasteiger partial charge in [0, 0.05) is 0 Å². The highest BCUT2D eigenvalue weighted by Crippen LogP contribution is 2.38. The van der Waals surface area contributed by atoms with Gasteiger partial charge < -0.3 is 4.55 Å².